The summed E-state index contributed by atoms with van der Waals surface area (Å²) in [4.78, 5) is 18.9. The molecule has 0 aliphatic carbocycles. The maximum atomic E-state index is 12.4. The summed E-state index contributed by atoms with van der Waals surface area (Å²) in [5.74, 6) is -1.14. The summed E-state index contributed by atoms with van der Waals surface area (Å²) < 4.78 is 37.3. The van der Waals surface area contributed by atoms with E-state index in [0.717, 1.165) is 12.3 Å². The lowest BCUT2D eigenvalue weighted by Gasteiger charge is -2.20. The molecule has 1 aromatic heterocycles. The van der Waals surface area contributed by atoms with E-state index >= 15 is 0 Å². The van der Waals surface area contributed by atoms with Crippen molar-refractivity contribution in [2.24, 2.45) is 0 Å². The van der Waals surface area contributed by atoms with Gasteiger partial charge in [-0.3, -0.25) is 4.79 Å². The van der Waals surface area contributed by atoms with Gasteiger partial charge < -0.3 is 10.0 Å². The number of hydrogen-bond donors (Lipinski definition) is 1. The Morgan fingerprint density at radius 2 is 2.17 bits per heavy atom. The number of alkyl halides is 3. The minimum atomic E-state index is -4.54. The van der Waals surface area contributed by atoms with Crippen molar-refractivity contribution < 1.29 is 23.1 Å². The van der Waals surface area contributed by atoms with Gasteiger partial charge in [0.15, 0.2) is 0 Å². The van der Waals surface area contributed by atoms with Crippen LogP contribution in [0.1, 0.15) is 19.0 Å². The second kappa shape index (κ2) is 5.65. The highest BCUT2D eigenvalue weighted by Crippen LogP contribution is 2.28. The van der Waals surface area contributed by atoms with Crippen molar-refractivity contribution in [2.45, 2.75) is 19.5 Å². The van der Waals surface area contributed by atoms with Gasteiger partial charge >= 0.3 is 12.1 Å². The van der Waals surface area contributed by atoms with Crippen LogP contribution in [0.5, 0.6) is 0 Å². The second-order valence-corrected chi connectivity index (χ2v) is 3.46. The molecule has 8 heteroatoms. The van der Waals surface area contributed by atoms with E-state index in [1.54, 1.807) is 6.92 Å². The Balaban J connectivity index is 2.89. The highest BCUT2D eigenvalue weighted by atomic mass is 19.4. The van der Waals surface area contributed by atoms with Crippen molar-refractivity contribution in [3.8, 4) is 0 Å². The standard InChI is InChI=1S/C10H12F3N3O2/c1-2-16(6-4-8(17)18)9-14-5-3-7(15-9)10(11,12)13/h3,5H,2,4,6H2,1H3,(H,17,18). The second-order valence-electron chi connectivity index (χ2n) is 3.46. The minimum absolute atomic E-state index is 0.0626. The van der Waals surface area contributed by atoms with Crippen LogP contribution in [0.15, 0.2) is 12.3 Å². The first-order chi connectivity index (χ1) is 8.34. The molecule has 0 unspecified atom stereocenters. The Morgan fingerprint density at radius 3 is 2.67 bits per heavy atom. The third kappa shape index (κ3) is 3.86. The predicted molar refractivity (Wildman–Crippen MR) is 57.2 cm³/mol. The molecule has 0 saturated carbocycles. The van der Waals surface area contributed by atoms with E-state index in [-0.39, 0.29) is 18.9 Å². The van der Waals surface area contributed by atoms with Crippen LogP contribution in [-0.4, -0.2) is 34.1 Å². The van der Waals surface area contributed by atoms with Crippen LogP contribution in [0, 0.1) is 0 Å². The van der Waals surface area contributed by atoms with Crippen molar-refractivity contribution in [3.63, 3.8) is 0 Å². The zero-order chi connectivity index (χ0) is 13.8. The zero-order valence-electron chi connectivity index (χ0n) is 9.61. The lowest BCUT2D eigenvalue weighted by molar-refractivity contribution is -0.141. The summed E-state index contributed by atoms with van der Waals surface area (Å²) >= 11 is 0. The van der Waals surface area contributed by atoms with Gasteiger partial charge in [0.1, 0.15) is 5.69 Å². The number of rotatable bonds is 5. The first kappa shape index (κ1) is 14.2. The van der Waals surface area contributed by atoms with Crippen LogP contribution in [0.2, 0.25) is 0 Å². The van der Waals surface area contributed by atoms with E-state index in [9.17, 15) is 18.0 Å². The summed E-state index contributed by atoms with van der Waals surface area (Å²) in [5, 5.41) is 8.54. The number of aromatic nitrogens is 2. The molecule has 0 bridgehead atoms. The first-order valence-electron chi connectivity index (χ1n) is 5.21. The zero-order valence-corrected chi connectivity index (χ0v) is 9.61. The van der Waals surface area contributed by atoms with Gasteiger partial charge in [0.2, 0.25) is 5.95 Å². The fourth-order valence-electron chi connectivity index (χ4n) is 1.29. The quantitative estimate of drug-likeness (QED) is 0.877. The van der Waals surface area contributed by atoms with Crippen LogP contribution < -0.4 is 4.90 Å². The third-order valence-electron chi connectivity index (χ3n) is 2.19. The van der Waals surface area contributed by atoms with Gasteiger partial charge in [-0.2, -0.15) is 13.2 Å². The highest BCUT2D eigenvalue weighted by molar-refractivity contribution is 5.67. The van der Waals surface area contributed by atoms with E-state index in [1.807, 2.05) is 0 Å². The number of carbonyl (C=O) groups is 1. The average molecular weight is 263 g/mol. The molecule has 0 saturated heterocycles. The van der Waals surface area contributed by atoms with Gasteiger partial charge in [-0.05, 0) is 13.0 Å². The fraction of sp³-hybridized carbons (Fsp3) is 0.500. The van der Waals surface area contributed by atoms with Crippen LogP contribution in [0.4, 0.5) is 19.1 Å². The molecule has 5 nitrogen and oxygen atoms in total. The van der Waals surface area contributed by atoms with Gasteiger partial charge in [-0.25, -0.2) is 9.97 Å². The highest BCUT2D eigenvalue weighted by Gasteiger charge is 2.33. The van der Waals surface area contributed by atoms with E-state index in [2.05, 4.69) is 9.97 Å². The lowest BCUT2D eigenvalue weighted by atomic mass is 10.3. The Kier molecular flexibility index (Phi) is 4.46. The molecule has 0 fully saturated rings. The molecule has 0 radical (unpaired) electrons. The molecule has 0 atom stereocenters. The average Bonchev–Trinajstić information content (AvgIpc) is 2.29. The maximum absolute atomic E-state index is 12.4. The molecule has 0 aliphatic rings. The normalized spacial score (nSPS) is 11.3. The van der Waals surface area contributed by atoms with Crippen molar-refractivity contribution >= 4 is 11.9 Å². The van der Waals surface area contributed by atoms with Crippen LogP contribution in [-0.2, 0) is 11.0 Å². The van der Waals surface area contributed by atoms with Gasteiger partial charge in [0, 0.05) is 19.3 Å². The Morgan fingerprint density at radius 1 is 1.50 bits per heavy atom. The molecule has 100 valence electrons. The summed E-state index contributed by atoms with van der Waals surface area (Å²) in [6.45, 7) is 2.08. The maximum Gasteiger partial charge on any atom is 0.433 e. The van der Waals surface area contributed by atoms with Crippen molar-refractivity contribution in [3.05, 3.63) is 18.0 Å². The topological polar surface area (TPSA) is 66.3 Å². The number of anilines is 1. The molecule has 0 amide bonds. The number of nitrogens with zero attached hydrogens (tertiary/aromatic N) is 3. The first-order valence-corrected chi connectivity index (χ1v) is 5.21. The number of halogens is 3. The van der Waals surface area contributed by atoms with Gasteiger partial charge in [-0.1, -0.05) is 0 Å². The predicted octanol–water partition coefficient (Wildman–Crippen LogP) is 1.80. The Bertz CT molecular complexity index is 423. The molecule has 0 spiro atoms. The molecule has 18 heavy (non-hydrogen) atoms. The van der Waals surface area contributed by atoms with Crippen molar-refractivity contribution in [1.29, 1.82) is 0 Å². The van der Waals surface area contributed by atoms with Gasteiger partial charge in [-0.15, -0.1) is 0 Å². The Hall–Kier alpha value is -1.86. The molecule has 0 aromatic carbocycles. The van der Waals surface area contributed by atoms with Gasteiger partial charge in [0.25, 0.3) is 0 Å². The Labute approximate surface area is 101 Å². The largest absolute Gasteiger partial charge is 0.481 e. The molecule has 1 N–H and O–H groups in total. The monoisotopic (exact) mass is 263 g/mol. The number of carboxylic acid groups (broad SMARTS) is 1. The SMILES string of the molecule is CCN(CCC(=O)O)c1nccc(C(F)(F)F)n1. The smallest absolute Gasteiger partial charge is 0.433 e. The summed E-state index contributed by atoms with van der Waals surface area (Å²) in [6, 6.07) is 0.772. The van der Waals surface area contributed by atoms with Crippen molar-refractivity contribution in [1.82, 2.24) is 9.97 Å². The lowest BCUT2D eigenvalue weighted by Crippen LogP contribution is -2.28. The fourth-order valence-corrected chi connectivity index (χ4v) is 1.29. The minimum Gasteiger partial charge on any atom is -0.481 e. The summed E-state index contributed by atoms with van der Waals surface area (Å²) in [7, 11) is 0. The molecular weight excluding hydrogens is 251 g/mol. The number of carboxylic acids is 1. The number of aliphatic carboxylic acids is 1. The molecule has 0 aliphatic heterocycles. The third-order valence-corrected chi connectivity index (χ3v) is 2.19. The molecule has 1 rings (SSSR count). The molecular formula is C10H12F3N3O2. The molecule has 1 aromatic rings. The van der Waals surface area contributed by atoms with E-state index in [0.29, 0.717) is 6.54 Å². The van der Waals surface area contributed by atoms with Crippen molar-refractivity contribution in [2.75, 3.05) is 18.0 Å². The van der Waals surface area contributed by atoms with E-state index in [4.69, 9.17) is 5.11 Å². The molecule has 1 heterocycles. The van der Waals surface area contributed by atoms with Crippen LogP contribution in [0.3, 0.4) is 0 Å². The summed E-state index contributed by atoms with van der Waals surface area (Å²) in [6.07, 6.45) is -3.72. The number of hydrogen-bond acceptors (Lipinski definition) is 4. The van der Waals surface area contributed by atoms with E-state index < -0.39 is 17.8 Å². The van der Waals surface area contributed by atoms with Crippen LogP contribution >= 0.6 is 0 Å². The van der Waals surface area contributed by atoms with Gasteiger partial charge in [0.05, 0.1) is 6.42 Å². The summed E-state index contributed by atoms with van der Waals surface area (Å²) in [5.41, 5.74) is -1.04. The van der Waals surface area contributed by atoms with E-state index in [1.165, 1.54) is 4.90 Å². The van der Waals surface area contributed by atoms with Crippen LogP contribution in [0.25, 0.3) is 0 Å².